The fourth-order valence-corrected chi connectivity index (χ4v) is 5.19. The van der Waals surface area contributed by atoms with Crippen LogP contribution in [0.5, 0.6) is 0 Å². The normalized spacial score (nSPS) is 10.8. The van der Waals surface area contributed by atoms with Gasteiger partial charge < -0.3 is 14.9 Å². The molecule has 0 bridgehead atoms. The Bertz CT molecular complexity index is 1700. The van der Waals surface area contributed by atoms with Gasteiger partial charge in [-0.25, -0.2) is 0 Å². The molecule has 0 amide bonds. The Balaban J connectivity index is 1.37. The Morgan fingerprint density at radius 2 is 0.725 bits per heavy atom. The lowest BCUT2D eigenvalue weighted by atomic mass is 9.75. The van der Waals surface area contributed by atoms with Crippen LogP contribution < -0.4 is 10.4 Å². The SMILES string of the molecule is OB(O)c1ccccc1-c1ccc(N(c2ccccc2)c2ccc(-c3ccccc3-c3ccccc3)cc2)cc1. The van der Waals surface area contributed by atoms with Crippen LogP contribution in [0.4, 0.5) is 17.1 Å². The molecule has 3 nitrogen and oxygen atoms in total. The van der Waals surface area contributed by atoms with Gasteiger partial charge in [-0.2, -0.15) is 0 Å². The third-order valence-electron chi connectivity index (χ3n) is 7.14. The zero-order chi connectivity index (χ0) is 27.3. The molecule has 40 heavy (non-hydrogen) atoms. The Labute approximate surface area is 235 Å². The fraction of sp³-hybridized carbons (Fsp3) is 0. The zero-order valence-corrected chi connectivity index (χ0v) is 21.9. The monoisotopic (exact) mass is 517 g/mol. The number of anilines is 3. The third-order valence-corrected chi connectivity index (χ3v) is 7.14. The van der Waals surface area contributed by atoms with Crippen molar-refractivity contribution >= 4 is 29.6 Å². The first-order chi connectivity index (χ1) is 19.7. The molecule has 6 aromatic carbocycles. The second-order valence-electron chi connectivity index (χ2n) is 9.64. The van der Waals surface area contributed by atoms with Gasteiger partial charge in [0.15, 0.2) is 0 Å². The number of nitrogens with zero attached hydrogens (tertiary/aromatic N) is 1. The fourth-order valence-electron chi connectivity index (χ4n) is 5.19. The Hall–Kier alpha value is -4.90. The first-order valence-corrected chi connectivity index (χ1v) is 13.3. The molecule has 0 atom stereocenters. The minimum Gasteiger partial charge on any atom is -0.423 e. The topological polar surface area (TPSA) is 43.7 Å². The summed E-state index contributed by atoms with van der Waals surface area (Å²) < 4.78 is 0. The van der Waals surface area contributed by atoms with E-state index in [2.05, 4.69) is 102 Å². The second kappa shape index (κ2) is 11.5. The summed E-state index contributed by atoms with van der Waals surface area (Å²) in [6, 6.07) is 53.5. The van der Waals surface area contributed by atoms with Gasteiger partial charge in [0, 0.05) is 17.1 Å². The molecule has 6 rings (SSSR count). The molecular formula is C36H28BNO2. The molecule has 192 valence electrons. The molecular weight excluding hydrogens is 489 g/mol. The van der Waals surface area contributed by atoms with Gasteiger partial charge in [0.2, 0.25) is 0 Å². The predicted octanol–water partition coefficient (Wildman–Crippen LogP) is 7.84. The van der Waals surface area contributed by atoms with E-state index in [0.717, 1.165) is 33.8 Å². The molecule has 0 aliphatic heterocycles. The minimum atomic E-state index is -1.53. The zero-order valence-electron chi connectivity index (χ0n) is 21.9. The van der Waals surface area contributed by atoms with Crippen molar-refractivity contribution in [2.24, 2.45) is 0 Å². The van der Waals surface area contributed by atoms with Crippen molar-refractivity contribution < 1.29 is 10.0 Å². The highest BCUT2D eigenvalue weighted by atomic mass is 16.4. The Morgan fingerprint density at radius 1 is 0.350 bits per heavy atom. The van der Waals surface area contributed by atoms with Crippen molar-refractivity contribution in [3.8, 4) is 33.4 Å². The molecule has 2 N–H and O–H groups in total. The summed E-state index contributed by atoms with van der Waals surface area (Å²) in [5.41, 5.74) is 10.1. The quantitative estimate of drug-likeness (QED) is 0.212. The molecule has 0 unspecified atom stereocenters. The van der Waals surface area contributed by atoms with Crippen molar-refractivity contribution in [3.05, 3.63) is 158 Å². The molecule has 0 aliphatic rings. The van der Waals surface area contributed by atoms with Crippen LogP contribution >= 0.6 is 0 Å². The van der Waals surface area contributed by atoms with Gasteiger partial charge in [-0.15, -0.1) is 0 Å². The average Bonchev–Trinajstić information content (AvgIpc) is 3.03. The molecule has 6 aromatic rings. The van der Waals surface area contributed by atoms with E-state index in [1.807, 2.05) is 54.6 Å². The highest BCUT2D eigenvalue weighted by molar-refractivity contribution is 6.60. The lowest BCUT2D eigenvalue weighted by molar-refractivity contribution is 0.426. The highest BCUT2D eigenvalue weighted by Crippen LogP contribution is 2.38. The van der Waals surface area contributed by atoms with Gasteiger partial charge in [-0.05, 0) is 75.2 Å². The van der Waals surface area contributed by atoms with Crippen molar-refractivity contribution in [3.63, 3.8) is 0 Å². The number of benzene rings is 6. The van der Waals surface area contributed by atoms with Gasteiger partial charge in [0.1, 0.15) is 0 Å². The largest absolute Gasteiger partial charge is 0.489 e. The van der Waals surface area contributed by atoms with Crippen LogP contribution in [0.1, 0.15) is 0 Å². The van der Waals surface area contributed by atoms with Crippen molar-refractivity contribution in [2.45, 2.75) is 0 Å². The summed E-state index contributed by atoms with van der Waals surface area (Å²) >= 11 is 0. The van der Waals surface area contributed by atoms with Gasteiger partial charge in [-0.3, -0.25) is 0 Å². The molecule has 0 aromatic heterocycles. The average molecular weight is 517 g/mol. The molecule has 0 saturated heterocycles. The van der Waals surface area contributed by atoms with Crippen LogP contribution in [0.25, 0.3) is 33.4 Å². The first-order valence-electron chi connectivity index (χ1n) is 13.3. The first kappa shape index (κ1) is 25.4. The van der Waals surface area contributed by atoms with E-state index >= 15 is 0 Å². The molecule has 4 heteroatoms. The van der Waals surface area contributed by atoms with Crippen LogP contribution in [0.3, 0.4) is 0 Å². The van der Waals surface area contributed by atoms with E-state index in [-0.39, 0.29) is 0 Å². The number of hydrogen-bond acceptors (Lipinski definition) is 3. The Kier molecular flexibility index (Phi) is 7.27. The van der Waals surface area contributed by atoms with Crippen LogP contribution in [-0.2, 0) is 0 Å². The maximum Gasteiger partial charge on any atom is 0.489 e. The number of para-hydroxylation sites is 1. The number of hydrogen-bond donors (Lipinski definition) is 2. The van der Waals surface area contributed by atoms with Crippen LogP contribution in [0.2, 0.25) is 0 Å². The smallest absolute Gasteiger partial charge is 0.423 e. The molecule has 0 fully saturated rings. The number of rotatable bonds is 7. The lowest BCUT2D eigenvalue weighted by Gasteiger charge is -2.26. The molecule has 0 heterocycles. The summed E-state index contributed by atoms with van der Waals surface area (Å²) in [5.74, 6) is 0. The second-order valence-corrected chi connectivity index (χ2v) is 9.64. The maximum absolute atomic E-state index is 9.84. The Morgan fingerprint density at radius 3 is 1.25 bits per heavy atom. The van der Waals surface area contributed by atoms with Gasteiger partial charge in [0.25, 0.3) is 0 Å². The van der Waals surface area contributed by atoms with E-state index in [9.17, 15) is 10.0 Å². The standard InChI is InChI=1S/C36H28BNO2/c39-37(40)36-18-10-9-17-35(36)29-21-25-32(26-22-29)38(30-13-5-2-6-14-30)31-23-19-28(20-24-31)34-16-8-7-15-33(34)27-11-3-1-4-12-27/h1-26,39-40H. The van der Waals surface area contributed by atoms with Crippen LogP contribution in [0, 0.1) is 0 Å². The van der Waals surface area contributed by atoms with Gasteiger partial charge in [0.05, 0.1) is 0 Å². The summed E-state index contributed by atoms with van der Waals surface area (Å²) in [4.78, 5) is 2.23. The van der Waals surface area contributed by atoms with E-state index in [4.69, 9.17) is 0 Å². The van der Waals surface area contributed by atoms with Crippen molar-refractivity contribution in [1.29, 1.82) is 0 Å². The minimum absolute atomic E-state index is 0.488. The van der Waals surface area contributed by atoms with Crippen LogP contribution in [-0.4, -0.2) is 17.2 Å². The molecule has 0 aliphatic carbocycles. The van der Waals surface area contributed by atoms with Crippen molar-refractivity contribution in [2.75, 3.05) is 4.90 Å². The van der Waals surface area contributed by atoms with Gasteiger partial charge >= 0.3 is 7.12 Å². The molecule has 0 radical (unpaired) electrons. The van der Waals surface area contributed by atoms with E-state index in [1.165, 1.54) is 16.7 Å². The van der Waals surface area contributed by atoms with E-state index < -0.39 is 7.12 Å². The third kappa shape index (κ3) is 5.19. The summed E-state index contributed by atoms with van der Waals surface area (Å²) in [7, 11) is -1.53. The lowest BCUT2D eigenvalue weighted by Crippen LogP contribution is -2.31. The van der Waals surface area contributed by atoms with E-state index in [0.29, 0.717) is 5.46 Å². The van der Waals surface area contributed by atoms with Crippen molar-refractivity contribution in [1.82, 2.24) is 0 Å². The van der Waals surface area contributed by atoms with Crippen LogP contribution in [0.15, 0.2) is 158 Å². The van der Waals surface area contributed by atoms with Gasteiger partial charge in [-0.1, -0.05) is 121 Å². The van der Waals surface area contributed by atoms with E-state index in [1.54, 1.807) is 6.07 Å². The summed E-state index contributed by atoms with van der Waals surface area (Å²) in [6.45, 7) is 0. The molecule has 0 saturated carbocycles. The summed E-state index contributed by atoms with van der Waals surface area (Å²) in [5, 5.41) is 19.7. The summed E-state index contributed by atoms with van der Waals surface area (Å²) in [6.07, 6.45) is 0. The maximum atomic E-state index is 9.84. The molecule has 0 spiro atoms. The highest BCUT2D eigenvalue weighted by Gasteiger charge is 2.18. The predicted molar refractivity (Wildman–Crippen MR) is 167 cm³/mol.